The molecule has 5 heteroatoms. The van der Waals surface area contributed by atoms with Crippen LogP contribution in [0.5, 0.6) is 11.5 Å². The van der Waals surface area contributed by atoms with E-state index in [2.05, 4.69) is 6.58 Å². The molecule has 0 atom stereocenters. The van der Waals surface area contributed by atoms with Gasteiger partial charge in [-0.3, -0.25) is 4.79 Å². The van der Waals surface area contributed by atoms with Crippen LogP contribution in [0.25, 0.3) is 6.08 Å². The fourth-order valence-corrected chi connectivity index (χ4v) is 2.67. The molecule has 0 saturated heterocycles. The third-order valence-electron chi connectivity index (χ3n) is 4.22. The van der Waals surface area contributed by atoms with Gasteiger partial charge in [-0.25, -0.2) is 4.79 Å². The van der Waals surface area contributed by atoms with Crippen LogP contribution in [0.4, 0.5) is 0 Å². The number of carbonyl (C=O) groups excluding carboxylic acids is 2. The molecule has 3 aromatic rings. The van der Waals surface area contributed by atoms with Crippen molar-refractivity contribution in [3.63, 3.8) is 0 Å². The summed E-state index contributed by atoms with van der Waals surface area (Å²) in [5.74, 6) is -0.518. The van der Waals surface area contributed by atoms with Gasteiger partial charge in [-0.05, 0) is 29.8 Å². The summed E-state index contributed by atoms with van der Waals surface area (Å²) in [5, 5.41) is 10.2. The Balaban J connectivity index is 1.52. The van der Waals surface area contributed by atoms with E-state index in [4.69, 9.17) is 9.47 Å². The second-order valence-corrected chi connectivity index (χ2v) is 6.18. The van der Waals surface area contributed by atoms with Gasteiger partial charge >= 0.3 is 5.97 Å². The Morgan fingerprint density at radius 1 is 0.897 bits per heavy atom. The molecular weight excluding hydrogens is 368 g/mol. The van der Waals surface area contributed by atoms with Gasteiger partial charge in [0.2, 0.25) is 0 Å². The highest BCUT2D eigenvalue weighted by molar-refractivity contribution is 6.10. The molecule has 0 spiro atoms. The van der Waals surface area contributed by atoms with E-state index in [1.54, 1.807) is 60.7 Å². The molecule has 5 nitrogen and oxygen atoms in total. The first kappa shape index (κ1) is 19.9. The molecule has 0 saturated carbocycles. The molecule has 0 radical (unpaired) electrons. The average molecular weight is 388 g/mol. The van der Waals surface area contributed by atoms with Crippen molar-refractivity contribution in [2.45, 2.75) is 0 Å². The molecule has 0 aliphatic rings. The number of esters is 1. The monoisotopic (exact) mass is 388 g/mol. The number of hydrogen-bond acceptors (Lipinski definition) is 5. The van der Waals surface area contributed by atoms with Gasteiger partial charge in [-0.2, -0.15) is 0 Å². The first-order valence-electron chi connectivity index (χ1n) is 9.03. The van der Waals surface area contributed by atoms with Crippen LogP contribution in [0, 0.1) is 0 Å². The number of phenolic OH excluding ortho intramolecular Hbond substituents is 1. The maximum atomic E-state index is 12.4. The van der Waals surface area contributed by atoms with Crippen molar-refractivity contribution in [1.82, 2.24) is 0 Å². The van der Waals surface area contributed by atoms with E-state index in [0.717, 1.165) is 5.56 Å². The van der Waals surface area contributed by atoms with E-state index in [1.807, 2.05) is 6.07 Å². The molecule has 0 bridgehead atoms. The topological polar surface area (TPSA) is 72.8 Å². The lowest BCUT2D eigenvalue weighted by Gasteiger charge is -2.10. The molecule has 1 N–H and O–H groups in total. The second kappa shape index (κ2) is 9.37. The standard InChI is InChI=1S/C24H20O5/c1-2-17-8-10-19(11-9-17)24(27)29-15-14-28-20-12-13-21(22(25)16-20)23(26)18-6-4-3-5-7-18/h2-13,16,25H,1,14-15H2. The van der Waals surface area contributed by atoms with Crippen LogP contribution in [0.2, 0.25) is 0 Å². The molecule has 146 valence electrons. The van der Waals surface area contributed by atoms with E-state index in [-0.39, 0.29) is 30.3 Å². The van der Waals surface area contributed by atoms with Gasteiger partial charge in [-0.1, -0.05) is 55.1 Å². The number of ketones is 1. The average Bonchev–Trinajstić information content (AvgIpc) is 2.77. The van der Waals surface area contributed by atoms with Crippen LogP contribution < -0.4 is 4.74 Å². The predicted octanol–water partition coefficient (Wildman–Crippen LogP) is 4.50. The van der Waals surface area contributed by atoms with Crippen LogP contribution >= 0.6 is 0 Å². The molecule has 0 amide bonds. The van der Waals surface area contributed by atoms with Crippen LogP contribution in [-0.4, -0.2) is 30.1 Å². The van der Waals surface area contributed by atoms with E-state index < -0.39 is 5.97 Å². The Bertz CT molecular complexity index is 1010. The Morgan fingerprint density at radius 3 is 2.28 bits per heavy atom. The highest BCUT2D eigenvalue weighted by Gasteiger charge is 2.14. The maximum absolute atomic E-state index is 12.4. The number of carbonyl (C=O) groups is 2. The van der Waals surface area contributed by atoms with Crippen molar-refractivity contribution in [3.8, 4) is 11.5 Å². The Kier molecular flexibility index (Phi) is 6.43. The molecule has 0 aliphatic heterocycles. The van der Waals surface area contributed by atoms with Crippen molar-refractivity contribution in [3.05, 3.63) is 102 Å². The quantitative estimate of drug-likeness (QED) is 0.349. The van der Waals surface area contributed by atoms with E-state index in [0.29, 0.717) is 16.9 Å². The zero-order valence-corrected chi connectivity index (χ0v) is 15.7. The number of hydrogen-bond donors (Lipinski definition) is 1. The molecule has 0 aliphatic carbocycles. The summed E-state index contributed by atoms with van der Waals surface area (Å²) in [6.07, 6.45) is 1.69. The highest BCUT2D eigenvalue weighted by Crippen LogP contribution is 2.26. The van der Waals surface area contributed by atoms with E-state index in [9.17, 15) is 14.7 Å². The third-order valence-corrected chi connectivity index (χ3v) is 4.22. The normalized spacial score (nSPS) is 10.2. The molecule has 0 unspecified atom stereocenters. The van der Waals surface area contributed by atoms with Gasteiger partial charge in [0.15, 0.2) is 5.78 Å². The molecule has 3 rings (SSSR count). The predicted molar refractivity (Wildman–Crippen MR) is 110 cm³/mol. The van der Waals surface area contributed by atoms with Crippen molar-refractivity contribution in [1.29, 1.82) is 0 Å². The lowest BCUT2D eigenvalue weighted by molar-refractivity contribution is 0.0450. The number of rotatable bonds is 8. The second-order valence-electron chi connectivity index (χ2n) is 6.18. The lowest BCUT2D eigenvalue weighted by atomic mass is 10.0. The van der Waals surface area contributed by atoms with Crippen molar-refractivity contribution in [2.24, 2.45) is 0 Å². The Hall–Kier alpha value is -3.86. The minimum absolute atomic E-state index is 0.0491. The lowest BCUT2D eigenvalue weighted by Crippen LogP contribution is -2.12. The summed E-state index contributed by atoms with van der Waals surface area (Å²) >= 11 is 0. The van der Waals surface area contributed by atoms with Crippen LogP contribution in [-0.2, 0) is 4.74 Å². The first-order chi connectivity index (χ1) is 14.1. The number of phenols is 1. The van der Waals surface area contributed by atoms with E-state index >= 15 is 0 Å². The largest absolute Gasteiger partial charge is 0.507 e. The summed E-state index contributed by atoms with van der Waals surface area (Å²) in [7, 11) is 0. The molecule has 0 fully saturated rings. The van der Waals surface area contributed by atoms with Crippen LogP contribution in [0.3, 0.4) is 0 Å². The van der Waals surface area contributed by atoms with Gasteiger partial charge in [0.1, 0.15) is 24.7 Å². The summed E-state index contributed by atoms with van der Waals surface area (Å²) in [5.41, 5.74) is 2.04. The minimum atomic E-state index is -0.448. The van der Waals surface area contributed by atoms with Gasteiger partial charge in [0.25, 0.3) is 0 Å². The molecule has 0 heterocycles. The Labute approximate surface area is 168 Å². The number of ether oxygens (including phenoxy) is 2. The molecular formula is C24H20O5. The van der Waals surface area contributed by atoms with Crippen molar-refractivity contribution < 1.29 is 24.2 Å². The van der Waals surface area contributed by atoms with Gasteiger partial charge < -0.3 is 14.6 Å². The summed E-state index contributed by atoms with van der Waals surface area (Å²) in [6.45, 7) is 3.82. The van der Waals surface area contributed by atoms with E-state index in [1.165, 1.54) is 12.1 Å². The van der Waals surface area contributed by atoms with Crippen LogP contribution in [0.15, 0.2) is 79.4 Å². The van der Waals surface area contributed by atoms with Gasteiger partial charge in [-0.15, -0.1) is 0 Å². The molecule has 29 heavy (non-hydrogen) atoms. The summed E-state index contributed by atoms with van der Waals surface area (Å²) in [6, 6.07) is 20.1. The third kappa shape index (κ3) is 5.11. The highest BCUT2D eigenvalue weighted by atomic mass is 16.6. The van der Waals surface area contributed by atoms with Crippen molar-refractivity contribution >= 4 is 17.8 Å². The first-order valence-corrected chi connectivity index (χ1v) is 9.03. The van der Waals surface area contributed by atoms with Crippen molar-refractivity contribution in [2.75, 3.05) is 13.2 Å². The zero-order valence-electron chi connectivity index (χ0n) is 15.7. The molecule has 3 aromatic carbocycles. The minimum Gasteiger partial charge on any atom is -0.507 e. The summed E-state index contributed by atoms with van der Waals surface area (Å²) < 4.78 is 10.7. The SMILES string of the molecule is C=Cc1ccc(C(=O)OCCOc2ccc(C(=O)c3ccccc3)c(O)c2)cc1. The van der Waals surface area contributed by atoms with Crippen LogP contribution in [0.1, 0.15) is 31.8 Å². The summed E-state index contributed by atoms with van der Waals surface area (Å²) in [4.78, 5) is 24.4. The fourth-order valence-electron chi connectivity index (χ4n) is 2.67. The van der Waals surface area contributed by atoms with Gasteiger partial charge in [0.05, 0.1) is 11.1 Å². The Morgan fingerprint density at radius 2 is 1.62 bits per heavy atom. The number of benzene rings is 3. The molecule has 0 aromatic heterocycles. The fraction of sp³-hybridized carbons (Fsp3) is 0.0833. The smallest absolute Gasteiger partial charge is 0.338 e. The number of aromatic hydroxyl groups is 1. The zero-order chi connectivity index (χ0) is 20.6. The maximum Gasteiger partial charge on any atom is 0.338 e. The van der Waals surface area contributed by atoms with Gasteiger partial charge in [0, 0.05) is 11.6 Å².